The molecule has 2 fully saturated rings. The third-order valence-corrected chi connectivity index (χ3v) is 2.52. The molecule has 2 rings (SSSR count). The predicted octanol–water partition coefficient (Wildman–Crippen LogP) is -3.77. The monoisotopic (exact) mass is 280 g/mol. The van der Waals surface area contributed by atoms with Crippen molar-refractivity contribution in [3.8, 4) is 0 Å². The van der Waals surface area contributed by atoms with Gasteiger partial charge in [0.05, 0.1) is 6.54 Å². The molecule has 5 amide bonds. The van der Waals surface area contributed by atoms with Crippen LogP contribution in [0.3, 0.4) is 0 Å². The van der Waals surface area contributed by atoms with Crippen LogP contribution in [0, 0.1) is 0 Å². The molecule has 2 saturated heterocycles. The molecule has 0 aromatic rings. The Morgan fingerprint density at radius 1 is 1.06 bits per heavy atom. The standard InChI is InChI=1S/C3H4N2O5S.C3H4N2O2/c6-1-2(7)5-3(4-1)11(8,9)10;6-2-1-4-3(7)5-2/h3H,(H,4,6)(H,5,7)(H,8,9,10);1H2,(H2,4,5,6,7). The van der Waals surface area contributed by atoms with Crippen LogP contribution in [-0.2, 0) is 24.5 Å². The molecule has 11 nitrogen and oxygen atoms in total. The SMILES string of the molecule is O=C1CNC(=O)N1.O=C1NC(S(=O)(=O)O)NC1=O. The first-order valence-corrected chi connectivity index (χ1v) is 5.86. The molecule has 12 heteroatoms. The van der Waals surface area contributed by atoms with Gasteiger partial charge in [-0.2, -0.15) is 8.42 Å². The van der Waals surface area contributed by atoms with Gasteiger partial charge in [0.25, 0.3) is 0 Å². The zero-order chi connectivity index (χ0) is 13.9. The van der Waals surface area contributed by atoms with E-state index in [1.165, 1.54) is 0 Å². The Kier molecular flexibility index (Phi) is 3.82. The summed E-state index contributed by atoms with van der Waals surface area (Å²) in [4.78, 5) is 40.7. The molecule has 100 valence electrons. The molecule has 2 heterocycles. The number of hydrogen-bond donors (Lipinski definition) is 5. The maximum Gasteiger partial charge on any atom is 0.321 e. The largest absolute Gasteiger partial charge is 0.329 e. The predicted molar refractivity (Wildman–Crippen MR) is 53.2 cm³/mol. The maximum absolute atomic E-state index is 10.3. The van der Waals surface area contributed by atoms with E-state index in [1.807, 2.05) is 5.32 Å². The maximum atomic E-state index is 10.3. The van der Waals surface area contributed by atoms with Gasteiger partial charge < -0.3 is 16.0 Å². The molecular weight excluding hydrogens is 272 g/mol. The van der Waals surface area contributed by atoms with E-state index in [2.05, 4.69) is 5.32 Å². The number of rotatable bonds is 1. The summed E-state index contributed by atoms with van der Waals surface area (Å²) >= 11 is 0. The third-order valence-electron chi connectivity index (χ3n) is 1.69. The number of nitrogens with one attached hydrogen (secondary N) is 4. The highest BCUT2D eigenvalue weighted by molar-refractivity contribution is 7.86. The second-order valence-corrected chi connectivity index (χ2v) is 4.57. The fourth-order valence-corrected chi connectivity index (χ4v) is 1.44. The first-order chi connectivity index (χ1) is 8.20. The van der Waals surface area contributed by atoms with Gasteiger partial charge in [-0.05, 0) is 0 Å². The van der Waals surface area contributed by atoms with Crippen LogP contribution in [0.4, 0.5) is 4.79 Å². The van der Waals surface area contributed by atoms with E-state index in [4.69, 9.17) is 4.55 Å². The summed E-state index contributed by atoms with van der Waals surface area (Å²) in [5, 5.41) is 7.71. The Labute approximate surface area is 100 Å². The normalized spacial score (nSPS) is 19.4. The molecule has 0 atom stereocenters. The molecule has 18 heavy (non-hydrogen) atoms. The topological polar surface area (TPSA) is 171 Å². The molecule has 5 N–H and O–H groups in total. The molecule has 0 bridgehead atoms. The van der Waals surface area contributed by atoms with Gasteiger partial charge in [-0.25, -0.2) is 4.79 Å². The van der Waals surface area contributed by atoms with E-state index in [0.29, 0.717) is 0 Å². The van der Waals surface area contributed by atoms with E-state index in [0.717, 1.165) is 0 Å². The summed E-state index contributed by atoms with van der Waals surface area (Å²) in [6.07, 6.45) is 0. The zero-order valence-corrected chi connectivity index (χ0v) is 9.41. The molecule has 0 spiro atoms. The van der Waals surface area contributed by atoms with Crippen LogP contribution in [0.1, 0.15) is 0 Å². The smallest absolute Gasteiger partial charge is 0.321 e. The molecule has 0 aromatic heterocycles. The van der Waals surface area contributed by atoms with Gasteiger partial charge in [-0.3, -0.25) is 24.3 Å². The fraction of sp³-hybridized carbons (Fsp3) is 0.333. The van der Waals surface area contributed by atoms with Gasteiger partial charge in [-0.15, -0.1) is 0 Å². The highest BCUT2D eigenvalue weighted by Crippen LogP contribution is 1.95. The second-order valence-electron chi connectivity index (χ2n) is 3.07. The van der Waals surface area contributed by atoms with Crippen molar-refractivity contribution in [3.63, 3.8) is 0 Å². The van der Waals surface area contributed by atoms with Gasteiger partial charge >= 0.3 is 28.0 Å². The van der Waals surface area contributed by atoms with Crippen LogP contribution in [-0.4, -0.2) is 48.8 Å². The Balaban J connectivity index is 0.000000199. The Morgan fingerprint density at radius 2 is 1.56 bits per heavy atom. The van der Waals surface area contributed by atoms with Crippen molar-refractivity contribution >= 4 is 33.9 Å². The molecule has 0 aliphatic carbocycles. The van der Waals surface area contributed by atoms with E-state index >= 15 is 0 Å². The molecule has 2 aliphatic rings. The highest BCUT2D eigenvalue weighted by Gasteiger charge is 2.36. The van der Waals surface area contributed by atoms with Crippen LogP contribution in [0.2, 0.25) is 0 Å². The van der Waals surface area contributed by atoms with Crippen molar-refractivity contribution in [3.05, 3.63) is 0 Å². The second kappa shape index (κ2) is 4.97. The van der Waals surface area contributed by atoms with Crippen molar-refractivity contribution < 1.29 is 32.1 Å². The van der Waals surface area contributed by atoms with Gasteiger partial charge in [-0.1, -0.05) is 0 Å². The lowest BCUT2D eigenvalue weighted by Crippen LogP contribution is -2.39. The molecular formula is C6H8N4O7S. The number of carbonyl (C=O) groups excluding carboxylic acids is 4. The van der Waals surface area contributed by atoms with Gasteiger partial charge in [0.2, 0.25) is 11.4 Å². The number of imide groups is 1. The number of hydrogen-bond acceptors (Lipinski definition) is 6. The first-order valence-electron chi connectivity index (χ1n) is 4.35. The minimum absolute atomic E-state index is 0.124. The van der Waals surface area contributed by atoms with Crippen LogP contribution in [0.15, 0.2) is 0 Å². The molecule has 0 unspecified atom stereocenters. The van der Waals surface area contributed by atoms with Gasteiger partial charge in [0.1, 0.15) is 0 Å². The summed E-state index contributed by atoms with van der Waals surface area (Å²) in [5.74, 6) is -2.41. The summed E-state index contributed by atoms with van der Waals surface area (Å²) < 4.78 is 28.8. The summed E-state index contributed by atoms with van der Waals surface area (Å²) in [7, 11) is -4.43. The average molecular weight is 280 g/mol. The van der Waals surface area contributed by atoms with E-state index < -0.39 is 33.5 Å². The number of carbonyl (C=O) groups is 4. The highest BCUT2D eigenvalue weighted by atomic mass is 32.2. The minimum Gasteiger partial charge on any atom is -0.329 e. The Bertz CT molecular complexity index is 482. The van der Waals surface area contributed by atoms with E-state index in [9.17, 15) is 27.6 Å². The summed E-state index contributed by atoms with van der Waals surface area (Å²) in [6.45, 7) is 0.124. The van der Waals surface area contributed by atoms with Crippen molar-refractivity contribution in [2.24, 2.45) is 0 Å². The summed E-state index contributed by atoms with van der Waals surface area (Å²) in [6, 6.07) is -0.398. The zero-order valence-electron chi connectivity index (χ0n) is 8.59. The van der Waals surface area contributed by atoms with Crippen molar-refractivity contribution in [2.75, 3.05) is 6.54 Å². The molecule has 2 aliphatic heterocycles. The Morgan fingerprint density at radius 3 is 1.72 bits per heavy atom. The third kappa shape index (κ3) is 3.67. The van der Waals surface area contributed by atoms with Crippen LogP contribution in [0.25, 0.3) is 0 Å². The lowest BCUT2D eigenvalue weighted by molar-refractivity contribution is -0.135. The number of amides is 5. The van der Waals surface area contributed by atoms with Crippen molar-refractivity contribution in [2.45, 2.75) is 5.50 Å². The van der Waals surface area contributed by atoms with Gasteiger partial charge in [0, 0.05) is 0 Å². The minimum atomic E-state index is -4.43. The quantitative estimate of drug-likeness (QED) is 0.186. The first kappa shape index (κ1) is 13.9. The van der Waals surface area contributed by atoms with E-state index in [1.54, 1.807) is 10.6 Å². The van der Waals surface area contributed by atoms with Crippen LogP contribution >= 0.6 is 0 Å². The fourth-order valence-electron chi connectivity index (χ4n) is 0.930. The number of urea groups is 1. The van der Waals surface area contributed by atoms with Gasteiger partial charge in [0.15, 0.2) is 0 Å². The van der Waals surface area contributed by atoms with Crippen molar-refractivity contribution in [1.82, 2.24) is 21.3 Å². The van der Waals surface area contributed by atoms with Crippen molar-refractivity contribution in [1.29, 1.82) is 0 Å². The molecule has 0 saturated carbocycles. The van der Waals surface area contributed by atoms with Crippen LogP contribution in [0.5, 0.6) is 0 Å². The average Bonchev–Trinajstić information content (AvgIpc) is 2.75. The van der Waals surface area contributed by atoms with E-state index in [-0.39, 0.29) is 12.5 Å². The van der Waals surface area contributed by atoms with Crippen LogP contribution < -0.4 is 21.3 Å². The molecule has 0 radical (unpaired) electrons. The lowest BCUT2D eigenvalue weighted by Gasteiger charge is -2.03. The lowest BCUT2D eigenvalue weighted by atomic mass is 10.6. The molecule has 0 aromatic carbocycles. The summed E-state index contributed by atoms with van der Waals surface area (Å²) in [5.41, 5.74) is -1.71. The Hall–Kier alpha value is -2.21.